The number of hydrogen-bond acceptors (Lipinski definition) is 15. The Morgan fingerprint density at radius 3 is 2.22 bits per heavy atom. The molecule has 6 rings (SSSR count). The van der Waals surface area contributed by atoms with E-state index in [4.69, 9.17) is 40.5 Å². The summed E-state index contributed by atoms with van der Waals surface area (Å²) in [5.41, 5.74) is 3.93. The number of nitrogens with zero attached hydrogens (tertiary/aromatic N) is 2. The van der Waals surface area contributed by atoms with E-state index in [2.05, 4.69) is 26.0 Å². The van der Waals surface area contributed by atoms with Crippen LogP contribution in [-0.2, 0) is 54.2 Å². The molecule has 1 saturated carbocycles. The minimum absolute atomic E-state index is 0.000246. The van der Waals surface area contributed by atoms with Crippen molar-refractivity contribution in [2.45, 2.75) is 213 Å². The highest BCUT2D eigenvalue weighted by atomic mass is 35.5. The predicted octanol–water partition coefficient (Wildman–Crippen LogP) is 8.63. The second-order valence-corrected chi connectivity index (χ2v) is 20.3. The van der Waals surface area contributed by atoms with Crippen LogP contribution in [0.1, 0.15) is 164 Å². The fraction of sp³-hybridized carbons (Fsp3) is 0.737. The fourth-order valence-electron chi connectivity index (χ4n) is 10.1. The van der Waals surface area contributed by atoms with Crippen molar-refractivity contribution in [3.8, 4) is 0 Å². The number of anilines is 1. The van der Waals surface area contributed by atoms with Crippen molar-refractivity contribution in [2.75, 3.05) is 46.2 Å². The Morgan fingerprint density at radius 2 is 1.62 bits per heavy atom. The molecule has 17 heteroatoms. The van der Waals surface area contributed by atoms with E-state index >= 15 is 0 Å². The number of halogens is 1. The Hall–Kier alpha value is -3.58. The van der Waals surface area contributed by atoms with Crippen LogP contribution in [0, 0.1) is 17.8 Å². The standard InChI is InChI=1S/C30H42ClNO5.C17H27NO6.C7H14O2.C2H6.CH4O/c1-7-18(2)15-24-13-14-26-23(17-22-9-8-10-25(31)27(22)32(26)37-24)16-20(4)29(35)30(36-6)28(34)19(3)11-12-21(5)33;1-3-10-23-16(21)13-8-4-5-9-18(13)15(20)14(19)17(22)12(2)7-6-11-24-17;1-9-7-5-3-2-4-6(7)8;2*1-2/h8-11,15,20,23-24,26,28,30,34H,7,12-14,16-17H2,1-6H3;12-13,22H,3-11H2,1-2H3;6-8H,2-5H2,1H3;1-2H3;2H,1H3/b18-15+,19-11+;;;;/t20?,23-,24?,26?,28?,30-;;6?,7-;;/m1.1../s1. The van der Waals surface area contributed by atoms with Crippen LogP contribution in [0.4, 0.5) is 5.69 Å². The molecule has 5 aliphatic rings. The van der Waals surface area contributed by atoms with Gasteiger partial charge in [0.05, 0.1) is 42.2 Å². The van der Waals surface area contributed by atoms with Crippen molar-refractivity contribution >= 4 is 46.5 Å². The number of rotatable bonds is 17. The average molecular weight is 1070 g/mol. The molecule has 4 heterocycles. The molecule has 1 aliphatic carbocycles. The zero-order valence-electron chi connectivity index (χ0n) is 46.7. The summed E-state index contributed by atoms with van der Waals surface area (Å²) < 4.78 is 20.9. The van der Waals surface area contributed by atoms with Gasteiger partial charge in [-0.05, 0) is 127 Å². The summed E-state index contributed by atoms with van der Waals surface area (Å²) >= 11 is 6.65. The van der Waals surface area contributed by atoms with E-state index in [1.807, 2.05) is 44.9 Å². The maximum atomic E-state index is 13.4. The van der Waals surface area contributed by atoms with Gasteiger partial charge in [-0.3, -0.25) is 24.0 Å². The van der Waals surface area contributed by atoms with Crippen molar-refractivity contribution < 1.29 is 68.2 Å². The number of amides is 1. The number of carbonyl (C=O) groups excluding carboxylic acids is 5. The van der Waals surface area contributed by atoms with Crippen LogP contribution in [0.25, 0.3) is 0 Å². The van der Waals surface area contributed by atoms with Crippen LogP contribution < -0.4 is 5.06 Å². The molecular formula is C57H93ClN2O14. The van der Waals surface area contributed by atoms with Crippen LogP contribution in [0.2, 0.25) is 5.02 Å². The number of para-hydroxylation sites is 1. The minimum atomic E-state index is -2.09. The molecule has 0 bridgehead atoms. The summed E-state index contributed by atoms with van der Waals surface area (Å²) in [4.78, 5) is 70.0. The Labute approximate surface area is 447 Å². The predicted molar refractivity (Wildman–Crippen MR) is 287 cm³/mol. The summed E-state index contributed by atoms with van der Waals surface area (Å²) in [5, 5.41) is 40.3. The smallest absolute Gasteiger partial charge is 0.328 e. The minimum Gasteiger partial charge on any atom is -0.464 e. The van der Waals surface area contributed by atoms with Gasteiger partial charge < -0.3 is 44.3 Å². The topological polar surface area (TPSA) is 219 Å². The highest BCUT2D eigenvalue weighted by Gasteiger charge is 2.51. The summed E-state index contributed by atoms with van der Waals surface area (Å²) in [6.07, 6.45) is 14.5. The van der Waals surface area contributed by atoms with Gasteiger partial charge in [0.1, 0.15) is 30.1 Å². The van der Waals surface area contributed by atoms with Crippen molar-refractivity contribution in [3.05, 3.63) is 52.1 Å². The van der Waals surface area contributed by atoms with E-state index in [0.717, 1.165) is 76.1 Å². The molecule has 0 spiro atoms. The number of hydroxylamine groups is 1. The molecule has 1 aromatic rings. The number of carbonyl (C=O) groups is 5. The van der Waals surface area contributed by atoms with E-state index in [0.29, 0.717) is 49.2 Å². The molecule has 8 unspecified atom stereocenters. The summed E-state index contributed by atoms with van der Waals surface area (Å²) in [7, 11) is 4.11. The van der Waals surface area contributed by atoms with E-state index in [1.165, 1.54) is 30.9 Å². The molecule has 4 aliphatic heterocycles. The summed E-state index contributed by atoms with van der Waals surface area (Å²) in [6, 6.07) is 5.29. The molecule has 16 nitrogen and oxygen atoms in total. The van der Waals surface area contributed by atoms with Crippen LogP contribution in [0.5, 0.6) is 0 Å². The third-order valence-electron chi connectivity index (χ3n) is 14.5. The lowest BCUT2D eigenvalue weighted by atomic mass is 9.77. The van der Waals surface area contributed by atoms with Gasteiger partial charge in [-0.1, -0.05) is 95.8 Å². The number of hydrogen-bond donors (Lipinski definition) is 4. The van der Waals surface area contributed by atoms with Crippen molar-refractivity contribution in [3.63, 3.8) is 0 Å². The highest BCUT2D eigenvalue weighted by molar-refractivity contribution is 6.39. The second kappa shape index (κ2) is 34.2. The maximum Gasteiger partial charge on any atom is 0.328 e. The zero-order valence-corrected chi connectivity index (χ0v) is 47.5. The van der Waals surface area contributed by atoms with Gasteiger partial charge in [0.25, 0.3) is 11.7 Å². The van der Waals surface area contributed by atoms with E-state index < -0.39 is 47.6 Å². The number of methoxy groups -OCH3 is 2. The van der Waals surface area contributed by atoms with Gasteiger partial charge in [-0.25, -0.2) is 9.86 Å². The van der Waals surface area contributed by atoms with Gasteiger partial charge in [-0.2, -0.15) is 0 Å². The fourth-order valence-corrected chi connectivity index (χ4v) is 10.3. The van der Waals surface area contributed by atoms with Crippen LogP contribution in [-0.4, -0.2) is 144 Å². The van der Waals surface area contributed by atoms with Gasteiger partial charge in [0, 0.05) is 46.1 Å². The van der Waals surface area contributed by atoms with Crippen LogP contribution in [0.3, 0.4) is 0 Å². The molecule has 11 atom stereocenters. The van der Waals surface area contributed by atoms with Crippen molar-refractivity contribution in [2.24, 2.45) is 17.8 Å². The molecule has 74 heavy (non-hydrogen) atoms. The molecule has 1 aromatic carbocycles. The van der Waals surface area contributed by atoms with E-state index in [9.17, 15) is 39.3 Å². The van der Waals surface area contributed by atoms with Gasteiger partial charge in [0.15, 0.2) is 5.78 Å². The Balaban J connectivity index is 0.000000430. The number of likely N-dealkylation sites (tertiary alicyclic amines) is 1. The number of ketones is 3. The zero-order chi connectivity index (χ0) is 55.7. The molecule has 4 N–H and O–H groups in total. The lowest BCUT2D eigenvalue weighted by Crippen LogP contribution is -2.59. The molecule has 1 amide bonds. The number of aliphatic hydroxyl groups is 4. The number of aliphatic hydroxyl groups excluding tert-OH is 3. The normalized spacial score (nSPS) is 26.9. The number of esters is 1. The molecule has 0 aromatic heterocycles. The van der Waals surface area contributed by atoms with Crippen molar-refractivity contribution in [1.29, 1.82) is 0 Å². The first-order valence-corrected chi connectivity index (χ1v) is 27.6. The lowest BCUT2D eigenvalue weighted by Gasteiger charge is -2.48. The van der Waals surface area contributed by atoms with Gasteiger partial charge in [-0.15, -0.1) is 0 Å². The number of piperidine rings is 1. The van der Waals surface area contributed by atoms with Crippen molar-refractivity contribution in [1.82, 2.24) is 4.90 Å². The second-order valence-electron chi connectivity index (χ2n) is 19.9. The highest BCUT2D eigenvalue weighted by Crippen LogP contribution is 2.45. The SMILES string of the molecule is CC.CC/C(C)=C/C1CCC2[C@H](CC(C)C(=O)[C@H](OC)C(O)/C(C)=C/CC(C)=O)Cc3cccc(Cl)c3N2O1.CCCOC(=O)C1CCCCN1C(=O)C(=O)C1(O)OCCCC1C.CO.CO[C@@H]1CCCCC1O. The van der Waals surface area contributed by atoms with Gasteiger partial charge in [0.2, 0.25) is 5.79 Å². The molecule has 3 saturated heterocycles. The first-order valence-electron chi connectivity index (χ1n) is 27.2. The lowest BCUT2D eigenvalue weighted by molar-refractivity contribution is -0.240. The molecule has 422 valence electrons. The van der Waals surface area contributed by atoms with E-state index in [1.54, 1.807) is 27.0 Å². The number of allylic oxidation sites excluding steroid dienone is 2. The Morgan fingerprint density at radius 1 is 0.946 bits per heavy atom. The summed E-state index contributed by atoms with van der Waals surface area (Å²) in [5.74, 6) is -5.15. The number of Topliss-reactive ketones (excluding diaryl/α,β-unsaturated/α-hetero) is 3. The van der Waals surface area contributed by atoms with Crippen LogP contribution >= 0.6 is 11.6 Å². The number of ether oxygens (including phenoxy) is 4. The third kappa shape index (κ3) is 18.9. The first-order chi connectivity index (χ1) is 35.3. The molecular weight excluding hydrogens is 972 g/mol. The largest absolute Gasteiger partial charge is 0.464 e. The Bertz CT molecular complexity index is 1960. The maximum absolute atomic E-state index is 13.4. The molecule has 0 radical (unpaired) electrons. The first kappa shape index (κ1) is 66.5. The molecule has 4 fully saturated rings. The van der Waals surface area contributed by atoms with E-state index in [-0.39, 0.29) is 67.4 Å². The third-order valence-corrected chi connectivity index (χ3v) is 14.8. The Kier molecular flexibility index (Phi) is 30.8. The number of fused-ring (bicyclic) bond motifs is 3. The average Bonchev–Trinajstić information content (AvgIpc) is 3.41. The van der Waals surface area contributed by atoms with Crippen LogP contribution in [0.15, 0.2) is 41.5 Å². The monoisotopic (exact) mass is 1060 g/mol. The quantitative estimate of drug-likeness (QED) is 0.0652. The number of benzene rings is 1. The summed E-state index contributed by atoms with van der Waals surface area (Å²) in [6.45, 7) is 17.8. The van der Waals surface area contributed by atoms with Gasteiger partial charge >= 0.3 is 5.97 Å².